The summed E-state index contributed by atoms with van der Waals surface area (Å²) in [6.07, 6.45) is 2.19. The maximum atomic E-state index is 13.3. The predicted molar refractivity (Wildman–Crippen MR) is 69.1 cm³/mol. The molecule has 1 atom stereocenters. The molecule has 3 nitrogen and oxygen atoms in total. The van der Waals surface area contributed by atoms with E-state index in [9.17, 15) is 4.39 Å². The quantitative estimate of drug-likeness (QED) is 0.810. The van der Waals surface area contributed by atoms with E-state index in [1.165, 1.54) is 6.07 Å². The molecule has 2 heterocycles. The largest absolute Gasteiger partial charge is 0.374 e. The summed E-state index contributed by atoms with van der Waals surface area (Å²) >= 11 is 0. The average Bonchev–Trinajstić information content (AvgIpc) is 2.72. The first-order valence-corrected chi connectivity index (χ1v) is 6.27. The third kappa shape index (κ3) is 2.26. The van der Waals surface area contributed by atoms with Crippen LogP contribution in [-0.4, -0.2) is 42.3 Å². The Labute approximate surface area is 106 Å². The van der Waals surface area contributed by atoms with Crippen LogP contribution in [0.15, 0.2) is 30.5 Å². The summed E-state index contributed by atoms with van der Waals surface area (Å²) in [5, 5.41) is 1.07. The number of morpholine rings is 1. The molecule has 1 aliphatic heterocycles. The van der Waals surface area contributed by atoms with Crippen molar-refractivity contribution in [3.8, 4) is 0 Å². The van der Waals surface area contributed by atoms with E-state index in [0.29, 0.717) is 0 Å². The smallest absolute Gasteiger partial charge is 0.125 e. The van der Waals surface area contributed by atoms with Gasteiger partial charge in [-0.1, -0.05) is 0 Å². The molecule has 0 amide bonds. The molecule has 4 heteroatoms. The zero-order valence-electron chi connectivity index (χ0n) is 10.5. The predicted octanol–water partition coefficient (Wildman–Crippen LogP) is 2.11. The highest BCUT2D eigenvalue weighted by atomic mass is 19.1. The average molecular weight is 248 g/mol. The lowest BCUT2D eigenvalue weighted by Crippen LogP contribution is -2.41. The van der Waals surface area contributed by atoms with Gasteiger partial charge >= 0.3 is 0 Å². The van der Waals surface area contributed by atoms with E-state index in [1.54, 1.807) is 6.07 Å². The van der Waals surface area contributed by atoms with Crippen molar-refractivity contribution in [1.82, 2.24) is 9.47 Å². The van der Waals surface area contributed by atoms with Gasteiger partial charge in [0.25, 0.3) is 0 Å². The number of hydrogen-bond donors (Lipinski definition) is 0. The van der Waals surface area contributed by atoms with Gasteiger partial charge in [-0.05, 0) is 36.7 Å². The maximum Gasteiger partial charge on any atom is 0.125 e. The van der Waals surface area contributed by atoms with E-state index in [2.05, 4.69) is 16.5 Å². The van der Waals surface area contributed by atoms with Crippen LogP contribution in [0.25, 0.3) is 10.9 Å². The van der Waals surface area contributed by atoms with E-state index in [4.69, 9.17) is 4.74 Å². The number of benzene rings is 1. The molecule has 3 rings (SSSR count). The molecule has 0 radical (unpaired) electrons. The minimum absolute atomic E-state index is 0.183. The normalized spacial score (nSPS) is 21.6. The number of hydrogen-bond acceptors (Lipinski definition) is 2. The SMILES string of the molecule is CN1CCOC(Cn2ccc3ccc(F)cc32)C1. The molecule has 1 aliphatic rings. The molecule has 0 saturated carbocycles. The van der Waals surface area contributed by atoms with Crippen molar-refractivity contribution < 1.29 is 9.13 Å². The fourth-order valence-electron chi connectivity index (χ4n) is 2.51. The zero-order chi connectivity index (χ0) is 12.5. The molecule has 0 spiro atoms. The van der Waals surface area contributed by atoms with Gasteiger partial charge in [0, 0.05) is 19.3 Å². The van der Waals surface area contributed by atoms with Crippen LogP contribution >= 0.6 is 0 Å². The maximum absolute atomic E-state index is 13.3. The Kier molecular flexibility index (Phi) is 3.06. The summed E-state index contributed by atoms with van der Waals surface area (Å²) in [6, 6.07) is 6.91. The molecule has 2 aromatic rings. The van der Waals surface area contributed by atoms with Gasteiger partial charge in [-0.3, -0.25) is 0 Å². The third-order valence-electron chi connectivity index (χ3n) is 3.48. The van der Waals surface area contributed by atoms with E-state index in [1.807, 2.05) is 18.3 Å². The number of ether oxygens (including phenoxy) is 1. The highest BCUT2D eigenvalue weighted by Crippen LogP contribution is 2.18. The number of aromatic nitrogens is 1. The second-order valence-electron chi connectivity index (χ2n) is 4.93. The minimum atomic E-state index is -0.191. The summed E-state index contributed by atoms with van der Waals surface area (Å²) < 4.78 is 21.1. The van der Waals surface area contributed by atoms with Crippen molar-refractivity contribution in [3.05, 3.63) is 36.3 Å². The van der Waals surface area contributed by atoms with Crippen molar-refractivity contribution in [3.63, 3.8) is 0 Å². The van der Waals surface area contributed by atoms with Crippen LogP contribution in [-0.2, 0) is 11.3 Å². The minimum Gasteiger partial charge on any atom is -0.374 e. The van der Waals surface area contributed by atoms with Gasteiger partial charge in [0.05, 0.1) is 24.8 Å². The number of halogens is 1. The molecule has 1 unspecified atom stereocenters. The molecule has 1 fully saturated rings. The van der Waals surface area contributed by atoms with E-state index in [0.717, 1.165) is 37.1 Å². The Morgan fingerprint density at radius 2 is 2.28 bits per heavy atom. The Morgan fingerprint density at radius 1 is 1.39 bits per heavy atom. The highest BCUT2D eigenvalue weighted by molar-refractivity contribution is 5.80. The molecule has 0 N–H and O–H groups in total. The second-order valence-corrected chi connectivity index (χ2v) is 4.93. The fourth-order valence-corrected chi connectivity index (χ4v) is 2.51. The van der Waals surface area contributed by atoms with Crippen molar-refractivity contribution in [2.75, 3.05) is 26.7 Å². The molecule has 1 aromatic heterocycles. The molecular formula is C14H17FN2O. The summed E-state index contributed by atoms with van der Waals surface area (Å²) in [7, 11) is 2.10. The van der Waals surface area contributed by atoms with E-state index in [-0.39, 0.29) is 11.9 Å². The number of likely N-dealkylation sites (N-methyl/N-ethyl adjacent to an activating group) is 1. The van der Waals surface area contributed by atoms with Crippen molar-refractivity contribution >= 4 is 10.9 Å². The summed E-state index contributed by atoms with van der Waals surface area (Å²) in [6.45, 7) is 3.46. The highest BCUT2D eigenvalue weighted by Gasteiger charge is 2.18. The fraction of sp³-hybridized carbons (Fsp3) is 0.429. The number of nitrogens with zero attached hydrogens (tertiary/aromatic N) is 2. The molecule has 18 heavy (non-hydrogen) atoms. The standard InChI is InChI=1S/C14H17FN2O/c1-16-6-7-18-13(9-16)10-17-5-4-11-2-3-12(15)8-14(11)17/h2-5,8,13H,6-7,9-10H2,1H3. The summed E-state index contributed by atoms with van der Waals surface area (Å²) in [5.74, 6) is -0.191. The number of rotatable bonds is 2. The molecular weight excluding hydrogens is 231 g/mol. The molecule has 1 aromatic carbocycles. The first kappa shape index (κ1) is 11.7. The summed E-state index contributed by atoms with van der Waals surface area (Å²) in [5.41, 5.74) is 0.937. The van der Waals surface area contributed by atoms with Crippen molar-refractivity contribution in [1.29, 1.82) is 0 Å². The topological polar surface area (TPSA) is 17.4 Å². The van der Waals surface area contributed by atoms with Crippen LogP contribution in [0.5, 0.6) is 0 Å². The van der Waals surface area contributed by atoms with Gasteiger partial charge < -0.3 is 14.2 Å². The lowest BCUT2D eigenvalue weighted by atomic mass is 10.2. The van der Waals surface area contributed by atoms with Crippen LogP contribution in [0.4, 0.5) is 4.39 Å². The van der Waals surface area contributed by atoms with Gasteiger partial charge in [0.15, 0.2) is 0 Å². The zero-order valence-corrected chi connectivity index (χ0v) is 10.5. The Hall–Kier alpha value is -1.39. The van der Waals surface area contributed by atoms with Gasteiger partial charge in [0.2, 0.25) is 0 Å². The van der Waals surface area contributed by atoms with Crippen LogP contribution in [0.2, 0.25) is 0 Å². The van der Waals surface area contributed by atoms with Gasteiger partial charge in [-0.25, -0.2) is 4.39 Å². The number of fused-ring (bicyclic) bond motifs is 1. The van der Waals surface area contributed by atoms with Gasteiger partial charge in [0.1, 0.15) is 5.82 Å². The van der Waals surface area contributed by atoms with Gasteiger partial charge in [-0.2, -0.15) is 0 Å². The second kappa shape index (κ2) is 4.71. The van der Waals surface area contributed by atoms with Gasteiger partial charge in [-0.15, -0.1) is 0 Å². The van der Waals surface area contributed by atoms with Crippen LogP contribution < -0.4 is 0 Å². The van der Waals surface area contributed by atoms with Crippen LogP contribution in [0.3, 0.4) is 0 Å². The molecule has 0 aliphatic carbocycles. The third-order valence-corrected chi connectivity index (χ3v) is 3.48. The molecule has 0 bridgehead atoms. The van der Waals surface area contributed by atoms with Crippen molar-refractivity contribution in [2.24, 2.45) is 0 Å². The van der Waals surface area contributed by atoms with Crippen LogP contribution in [0, 0.1) is 5.82 Å². The molecule has 1 saturated heterocycles. The monoisotopic (exact) mass is 248 g/mol. The first-order chi connectivity index (χ1) is 8.72. The van der Waals surface area contributed by atoms with Crippen molar-refractivity contribution in [2.45, 2.75) is 12.6 Å². The van der Waals surface area contributed by atoms with E-state index >= 15 is 0 Å². The summed E-state index contributed by atoms with van der Waals surface area (Å²) in [4.78, 5) is 2.26. The van der Waals surface area contributed by atoms with Crippen LogP contribution in [0.1, 0.15) is 0 Å². The molecule has 96 valence electrons. The lowest BCUT2D eigenvalue weighted by Gasteiger charge is -2.30. The Morgan fingerprint density at radius 3 is 3.11 bits per heavy atom. The lowest BCUT2D eigenvalue weighted by molar-refractivity contribution is -0.0269. The first-order valence-electron chi connectivity index (χ1n) is 6.27. The Bertz CT molecular complexity index is 552. The Balaban J connectivity index is 1.83. The van der Waals surface area contributed by atoms with E-state index < -0.39 is 0 Å².